The minimum absolute atomic E-state index is 0.0294. The molecule has 0 fully saturated rings. The highest BCUT2D eigenvalue weighted by atomic mass is 35.5. The lowest BCUT2D eigenvalue weighted by Gasteiger charge is -2.13. The van der Waals surface area contributed by atoms with E-state index in [4.69, 9.17) is 16.4 Å². The van der Waals surface area contributed by atoms with Crippen molar-refractivity contribution in [2.75, 3.05) is 0 Å². The van der Waals surface area contributed by atoms with E-state index in [-0.39, 0.29) is 23.9 Å². The average Bonchev–Trinajstić information content (AvgIpc) is 3.24. The molecule has 0 bridgehead atoms. The van der Waals surface area contributed by atoms with Crippen LogP contribution in [-0.2, 0) is 4.84 Å². The molecule has 1 aliphatic heterocycles. The molecule has 2 heterocycles. The zero-order chi connectivity index (χ0) is 22.8. The number of aromatic nitrogens is 1. The highest BCUT2D eigenvalue weighted by Crippen LogP contribution is 2.32. The summed E-state index contributed by atoms with van der Waals surface area (Å²) in [5.74, 6) is -0.573. The van der Waals surface area contributed by atoms with Crippen LogP contribution in [0.4, 0.5) is 4.39 Å². The number of oxime groups is 1. The van der Waals surface area contributed by atoms with Crippen molar-refractivity contribution in [3.63, 3.8) is 0 Å². The van der Waals surface area contributed by atoms with Gasteiger partial charge < -0.3 is 10.2 Å². The number of nitrogens with zero attached hydrogens (tertiary/aromatic N) is 2. The lowest BCUT2D eigenvalue weighted by molar-refractivity contribution is 0.0826. The van der Waals surface area contributed by atoms with Crippen LogP contribution in [0.3, 0.4) is 0 Å². The van der Waals surface area contributed by atoms with Crippen molar-refractivity contribution in [2.45, 2.75) is 39.3 Å². The van der Waals surface area contributed by atoms with Gasteiger partial charge in [0.1, 0.15) is 5.82 Å². The third-order valence-corrected chi connectivity index (χ3v) is 5.36. The smallest absolute Gasteiger partial charge is 0.251 e. The zero-order valence-electron chi connectivity index (χ0n) is 18.0. The molecule has 0 aliphatic carbocycles. The number of rotatable bonds is 5. The Morgan fingerprint density at radius 1 is 1.16 bits per heavy atom. The van der Waals surface area contributed by atoms with E-state index < -0.39 is 0 Å². The van der Waals surface area contributed by atoms with Crippen LogP contribution in [-0.4, -0.2) is 22.6 Å². The number of carbonyl (C=O) groups is 1. The molecule has 0 spiro atoms. The maximum absolute atomic E-state index is 14.7. The molecule has 0 saturated carbocycles. The van der Waals surface area contributed by atoms with E-state index in [0.29, 0.717) is 45.1 Å². The molecule has 5 nitrogen and oxygen atoms in total. The van der Waals surface area contributed by atoms with Crippen molar-refractivity contribution in [1.82, 2.24) is 10.3 Å². The van der Waals surface area contributed by atoms with Crippen LogP contribution < -0.4 is 5.32 Å². The number of pyridine rings is 1. The Morgan fingerprint density at radius 2 is 1.94 bits per heavy atom. The average molecular weight is 452 g/mol. The maximum Gasteiger partial charge on any atom is 0.251 e. The Labute approximate surface area is 191 Å². The van der Waals surface area contributed by atoms with E-state index in [1.54, 1.807) is 36.5 Å². The Morgan fingerprint density at radius 3 is 2.62 bits per heavy atom. The summed E-state index contributed by atoms with van der Waals surface area (Å²) in [6.45, 7) is 5.61. The van der Waals surface area contributed by atoms with Gasteiger partial charge >= 0.3 is 0 Å². The molecule has 1 atom stereocenters. The van der Waals surface area contributed by atoms with Gasteiger partial charge in [-0.05, 0) is 68.3 Å². The molecular weight excluding hydrogens is 429 g/mol. The quantitative estimate of drug-likeness (QED) is 0.529. The molecule has 1 N–H and O–H groups in total. The highest BCUT2D eigenvalue weighted by molar-refractivity contribution is 6.30. The van der Waals surface area contributed by atoms with E-state index in [2.05, 4.69) is 15.5 Å². The largest absolute Gasteiger partial charge is 0.385 e. The van der Waals surface area contributed by atoms with Crippen molar-refractivity contribution < 1.29 is 14.0 Å². The number of amides is 1. The predicted molar refractivity (Wildman–Crippen MR) is 123 cm³/mol. The SMILES string of the molecule is Cc1ccc(-c2cc(C(=O)NC(C)C)cc(C3=NOC(c4ccc(Cl)cn4)C3)c2)c(F)c1. The zero-order valence-corrected chi connectivity index (χ0v) is 18.8. The van der Waals surface area contributed by atoms with E-state index in [0.717, 1.165) is 5.56 Å². The second kappa shape index (κ2) is 9.09. The fourth-order valence-electron chi connectivity index (χ4n) is 3.56. The van der Waals surface area contributed by atoms with Gasteiger partial charge in [0.25, 0.3) is 5.91 Å². The number of benzene rings is 2. The Kier molecular flexibility index (Phi) is 6.24. The van der Waals surface area contributed by atoms with Crippen LogP contribution in [0, 0.1) is 12.7 Å². The van der Waals surface area contributed by atoms with Crippen LogP contribution >= 0.6 is 11.6 Å². The molecule has 3 aromatic rings. The number of carbonyl (C=O) groups excluding carboxylic acids is 1. The first kappa shape index (κ1) is 22.0. The Bertz CT molecular complexity index is 1190. The fraction of sp³-hybridized carbons (Fsp3) is 0.240. The van der Waals surface area contributed by atoms with E-state index in [9.17, 15) is 9.18 Å². The van der Waals surface area contributed by atoms with Crippen LogP contribution in [0.25, 0.3) is 11.1 Å². The lowest BCUT2D eigenvalue weighted by Crippen LogP contribution is -2.30. The van der Waals surface area contributed by atoms with Crippen molar-refractivity contribution in [1.29, 1.82) is 0 Å². The summed E-state index contributed by atoms with van der Waals surface area (Å²) in [5, 5.41) is 7.67. The van der Waals surface area contributed by atoms with Crippen LogP contribution in [0.2, 0.25) is 5.02 Å². The van der Waals surface area contributed by atoms with Gasteiger partial charge in [-0.15, -0.1) is 0 Å². The van der Waals surface area contributed by atoms with E-state index >= 15 is 0 Å². The van der Waals surface area contributed by atoms with Gasteiger partial charge in [0.15, 0.2) is 6.10 Å². The molecule has 1 unspecified atom stereocenters. The highest BCUT2D eigenvalue weighted by Gasteiger charge is 2.26. The monoisotopic (exact) mass is 451 g/mol. The second-order valence-corrected chi connectivity index (χ2v) is 8.58. The van der Waals surface area contributed by atoms with Crippen molar-refractivity contribution in [3.05, 3.63) is 88.0 Å². The fourth-order valence-corrected chi connectivity index (χ4v) is 3.68. The summed E-state index contributed by atoms with van der Waals surface area (Å²) in [6.07, 6.45) is 1.68. The summed E-state index contributed by atoms with van der Waals surface area (Å²) in [6, 6.07) is 13.9. The van der Waals surface area contributed by atoms with E-state index in [1.165, 1.54) is 6.07 Å². The predicted octanol–water partition coefficient (Wildman–Crippen LogP) is 5.85. The van der Waals surface area contributed by atoms with Crippen molar-refractivity contribution in [2.24, 2.45) is 5.16 Å². The third-order valence-electron chi connectivity index (χ3n) is 5.13. The molecule has 2 aromatic carbocycles. The van der Waals surface area contributed by atoms with Gasteiger partial charge in [-0.2, -0.15) is 0 Å². The summed E-state index contributed by atoms with van der Waals surface area (Å²) in [7, 11) is 0. The summed E-state index contributed by atoms with van der Waals surface area (Å²) in [4.78, 5) is 22.7. The molecule has 1 aliphatic rings. The van der Waals surface area contributed by atoms with Gasteiger partial charge in [0.05, 0.1) is 16.4 Å². The first-order valence-corrected chi connectivity index (χ1v) is 10.7. The molecule has 4 rings (SSSR count). The maximum atomic E-state index is 14.7. The summed E-state index contributed by atoms with van der Waals surface area (Å²) < 4.78 is 14.7. The van der Waals surface area contributed by atoms with Crippen LogP contribution in [0.1, 0.15) is 53.6 Å². The van der Waals surface area contributed by atoms with Gasteiger partial charge in [0.2, 0.25) is 0 Å². The normalized spacial score (nSPS) is 15.4. The summed E-state index contributed by atoms with van der Waals surface area (Å²) >= 11 is 5.92. The lowest BCUT2D eigenvalue weighted by atomic mass is 9.94. The number of nitrogens with one attached hydrogen (secondary N) is 1. The van der Waals surface area contributed by atoms with Crippen LogP contribution in [0.5, 0.6) is 0 Å². The Balaban J connectivity index is 1.71. The molecule has 164 valence electrons. The molecule has 0 radical (unpaired) electrons. The van der Waals surface area contributed by atoms with Crippen LogP contribution in [0.15, 0.2) is 59.9 Å². The first-order chi connectivity index (χ1) is 15.3. The molecule has 7 heteroatoms. The molecule has 0 saturated heterocycles. The first-order valence-electron chi connectivity index (χ1n) is 10.4. The third kappa shape index (κ3) is 4.81. The van der Waals surface area contributed by atoms with Gasteiger partial charge in [-0.25, -0.2) is 4.39 Å². The summed E-state index contributed by atoms with van der Waals surface area (Å²) in [5.41, 5.74) is 4.37. The van der Waals surface area contributed by atoms with Gasteiger partial charge in [-0.1, -0.05) is 28.9 Å². The van der Waals surface area contributed by atoms with Crippen molar-refractivity contribution in [3.8, 4) is 11.1 Å². The number of aryl methyl sites for hydroxylation is 1. The number of halogens is 2. The van der Waals surface area contributed by atoms with Gasteiger partial charge in [0, 0.05) is 35.3 Å². The van der Waals surface area contributed by atoms with Gasteiger partial charge in [-0.3, -0.25) is 9.78 Å². The number of hydrogen-bond donors (Lipinski definition) is 1. The minimum atomic E-state index is -0.352. The van der Waals surface area contributed by atoms with Crippen molar-refractivity contribution >= 4 is 23.2 Å². The van der Waals surface area contributed by atoms with E-state index in [1.807, 2.05) is 32.9 Å². The standard InChI is InChI=1S/C25H23ClFN3O2/c1-14(2)29-25(31)18-10-16(20-6-4-15(3)8-21(20)27)9-17(11-18)23-12-24(32-30-23)22-7-5-19(26)13-28-22/h4-11,13-14,24H,12H2,1-3H3,(H,29,31). The molecule has 32 heavy (non-hydrogen) atoms. The minimum Gasteiger partial charge on any atom is -0.385 e. The molecule has 1 amide bonds. The molecule has 1 aromatic heterocycles. The topological polar surface area (TPSA) is 63.6 Å². The Hall–Kier alpha value is -3.25. The second-order valence-electron chi connectivity index (χ2n) is 8.15. The molecular formula is C25H23ClFN3O2. The number of hydrogen-bond acceptors (Lipinski definition) is 4.